The van der Waals surface area contributed by atoms with E-state index in [2.05, 4.69) is 44.3 Å². The lowest BCUT2D eigenvalue weighted by molar-refractivity contribution is 0.572. The van der Waals surface area contributed by atoms with Crippen molar-refractivity contribution < 1.29 is 0 Å². The molecule has 1 aliphatic heterocycles. The summed E-state index contributed by atoms with van der Waals surface area (Å²) >= 11 is 0. The van der Waals surface area contributed by atoms with Gasteiger partial charge in [0.1, 0.15) is 0 Å². The highest BCUT2D eigenvalue weighted by Gasteiger charge is 2.17. The van der Waals surface area contributed by atoms with Gasteiger partial charge < -0.3 is 4.90 Å². The Hall–Kier alpha value is -2.49. The van der Waals surface area contributed by atoms with Gasteiger partial charge in [0.05, 0.1) is 5.69 Å². The molecule has 116 valence electrons. The molecule has 0 spiro atoms. The summed E-state index contributed by atoms with van der Waals surface area (Å²) in [5.74, 6) is 1.04. The molecule has 0 atom stereocenters. The van der Waals surface area contributed by atoms with Crippen molar-refractivity contribution in [3.05, 3.63) is 60.0 Å². The fraction of sp³-hybridized carbons (Fsp3) is 0.316. The molecule has 1 fully saturated rings. The van der Waals surface area contributed by atoms with Crippen LogP contribution < -0.4 is 4.90 Å². The Morgan fingerprint density at radius 1 is 0.826 bits per heavy atom. The number of piperidine rings is 1. The third-order valence-electron chi connectivity index (χ3n) is 4.52. The minimum atomic E-state index is 0.788. The molecular formula is C19H20N4. The Morgan fingerprint density at radius 3 is 2.35 bits per heavy atom. The first-order valence-corrected chi connectivity index (χ1v) is 8.30. The third-order valence-corrected chi connectivity index (χ3v) is 4.52. The molecule has 2 aromatic heterocycles. The maximum Gasteiger partial charge on any atom is 0.159 e. The summed E-state index contributed by atoms with van der Waals surface area (Å²) in [7, 11) is 0. The van der Waals surface area contributed by atoms with E-state index in [1.807, 2.05) is 24.5 Å². The second-order valence-corrected chi connectivity index (χ2v) is 6.10. The fourth-order valence-corrected chi connectivity index (χ4v) is 3.31. The zero-order valence-corrected chi connectivity index (χ0v) is 13.2. The third kappa shape index (κ3) is 2.89. The molecule has 1 saturated heterocycles. The Labute approximate surface area is 136 Å². The van der Waals surface area contributed by atoms with Crippen LogP contribution in [0.25, 0.3) is 10.8 Å². The van der Waals surface area contributed by atoms with Crippen molar-refractivity contribution >= 4 is 16.6 Å². The normalized spacial score (nSPS) is 15.0. The zero-order valence-electron chi connectivity index (χ0n) is 13.2. The average Bonchev–Trinajstić information content (AvgIpc) is 2.64. The van der Waals surface area contributed by atoms with E-state index in [-0.39, 0.29) is 0 Å². The topological polar surface area (TPSA) is 41.9 Å². The van der Waals surface area contributed by atoms with Gasteiger partial charge in [-0.1, -0.05) is 24.3 Å². The molecule has 0 amide bonds. The quantitative estimate of drug-likeness (QED) is 0.741. The van der Waals surface area contributed by atoms with E-state index >= 15 is 0 Å². The summed E-state index contributed by atoms with van der Waals surface area (Å²) in [6.07, 6.45) is 8.25. The average molecular weight is 304 g/mol. The minimum absolute atomic E-state index is 0.788. The van der Waals surface area contributed by atoms with Gasteiger partial charge in [-0.05, 0) is 37.0 Å². The van der Waals surface area contributed by atoms with Crippen molar-refractivity contribution in [2.24, 2.45) is 0 Å². The molecule has 1 aromatic carbocycles. The first kappa shape index (κ1) is 14.1. The van der Waals surface area contributed by atoms with Crippen LogP contribution in [0, 0.1) is 0 Å². The van der Waals surface area contributed by atoms with Crippen LogP contribution in [0.3, 0.4) is 0 Å². The summed E-state index contributed by atoms with van der Waals surface area (Å²) in [4.78, 5) is 6.47. The number of aromatic nitrogens is 3. The molecule has 4 rings (SSSR count). The van der Waals surface area contributed by atoms with E-state index in [0.717, 1.165) is 31.0 Å². The summed E-state index contributed by atoms with van der Waals surface area (Å²) < 4.78 is 0. The second kappa shape index (κ2) is 6.32. The van der Waals surface area contributed by atoms with Gasteiger partial charge in [-0.25, -0.2) is 0 Å². The SMILES string of the molecule is c1ccc2c(N3CCCCC3)nnc(Cc3ccncc3)c2c1. The molecule has 0 N–H and O–H groups in total. The van der Waals surface area contributed by atoms with Crippen molar-refractivity contribution in [1.29, 1.82) is 0 Å². The van der Waals surface area contributed by atoms with Gasteiger partial charge in [0.25, 0.3) is 0 Å². The van der Waals surface area contributed by atoms with E-state index in [1.165, 1.54) is 35.6 Å². The second-order valence-electron chi connectivity index (χ2n) is 6.10. The minimum Gasteiger partial charge on any atom is -0.355 e. The number of rotatable bonds is 3. The number of hydrogen-bond acceptors (Lipinski definition) is 4. The molecule has 0 unspecified atom stereocenters. The molecule has 1 aliphatic rings. The summed E-state index contributed by atoms with van der Waals surface area (Å²) in [5.41, 5.74) is 2.25. The van der Waals surface area contributed by atoms with Gasteiger partial charge in [-0.2, -0.15) is 5.10 Å². The van der Waals surface area contributed by atoms with Crippen molar-refractivity contribution in [2.75, 3.05) is 18.0 Å². The highest BCUT2D eigenvalue weighted by molar-refractivity contribution is 5.93. The molecule has 4 heteroatoms. The number of hydrogen-bond donors (Lipinski definition) is 0. The van der Waals surface area contributed by atoms with Gasteiger partial charge in [-0.3, -0.25) is 4.98 Å². The maximum atomic E-state index is 4.59. The number of pyridine rings is 1. The number of anilines is 1. The van der Waals surface area contributed by atoms with E-state index < -0.39 is 0 Å². The molecule has 0 aliphatic carbocycles. The molecule has 0 radical (unpaired) electrons. The zero-order chi connectivity index (χ0) is 15.5. The van der Waals surface area contributed by atoms with Gasteiger partial charge >= 0.3 is 0 Å². The molecule has 0 bridgehead atoms. The predicted octanol–water partition coefficient (Wildman–Crippen LogP) is 3.61. The van der Waals surface area contributed by atoms with Crippen LogP contribution in [0.5, 0.6) is 0 Å². The van der Waals surface area contributed by atoms with Gasteiger partial charge in [0.15, 0.2) is 5.82 Å². The molecule has 3 aromatic rings. The van der Waals surface area contributed by atoms with Crippen LogP contribution >= 0.6 is 0 Å². The highest BCUT2D eigenvalue weighted by atomic mass is 15.3. The standard InChI is InChI=1S/C19H20N4/c1-4-12-23(13-5-1)19-17-7-3-2-6-16(17)18(21-22-19)14-15-8-10-20-11-9-15/h2-3,6-11H,1,4-5,12-14H2. The van der Waals surface area contributed by atoms with Crippen molar-refractivity contribution in [2.45, 2.75) is 25.7 Å². The van der Waals surface area contributed by atoms with E-state index in [1.54, 1.807) is 0 Å². The van der Waals surface area contributed by atoms with Crippen molar-refractivity contribution in [1.82, 2.24) is 15.2 Å². The first-order valence-electron chi connectivity index (χ1n) is 8.30. The maximum absolute atomic E-state index is 4.59. The van der Waals surface area contributed by atoms with Crippen LogP contribution in [-0.4, -0.2) is 28.3 Å². The summed E-state index contributed by atoms with van der Waals surface area (Å²) in [5, 5.41) is 11.6. The summed E-state index contributed by atoms with van der Waals surface area (Å²) in [6.45, 7) is 2.17. The van der Waals surface area contributed by atoms with Gasteiger partial charge in [0, 0.05) is 42.7 Å². The van der Waals surface area contributed by atoms with Crippen LogP contribution in [0.2, 0.25) is 0 Å². The number of fused-ring (bicyclic) bond motifs is 1. The smallest absolute Gasteiger partial charge is 0.159 e. The molecule has 23 heavy (non-hydrogen) atoms. The van der Waals surface area contributed by atoms with Gasteiger partial charge in [0.2, 0.25) is 0 Å². The first-order chi connectivity index (χ1) is 11.4. The molecule has 3 heterocycles. The lowest BCUT2D eigenvalue weighted by atomic mass is 10.0. The largest absolute Gasteiger partial charge is 0.355 e. The lowest BCUT2D eigenvalue weighted by Gasteiger charge is -2.28. The van der Waals surface area contributed by atoms with E-state index in [4.69, 9.17) is 0 Å². The summed E-state index contributed by atoms with van der Waals surface area (Å²) in [6, 6.07) is 12.6. The fourth-order valence-electron chi connectivity index (χ4n) is 3.31. The van der Waals surface area contributed by atoms with Crippen molar-refractivity contribution in [3.63, 3.8) is 0 Å². The van der Waals surface area contributed by atoms with Crippen LogP contribution in [-0.2, 0) is 6.42 Å². The Bertz CT molecular complexity index is 795. The highest BCUT2D eigenvalue weighted by Crippen LogP contribution is 2.28. The van der Waals surface area contributed by atoms with E-state index in [9.17, 15) is 0 Å². The van der Waals surface area contributed by atoms with Crippen molar-refractivity contribution in [3.8, 4) is 0 Å². The predicted molar refractivity (Wildman–Crippen MR) is 92.6 cm³/mol. The Kier molecular flexibility index (Phi) is 3.88. The Morgan fingerprint density at radius 2 is 1.57 bits per heavy atom. The van der Waals surface area contributed by atoms with E-state index in [0.29, 0.717) is 0 Å². The Balaban J connectivity index is 1.76. The van der Waals surface area contributed by atoms with Crippen LogP contribution in [0.1, 0.15) is 30.5 Å². The lowest BCUT2D eigenvalue weighted by Crippen LogP contribution is -2.30. The van der Waals surface area contributed by atoms with Crippen LogP contribution in [0.4, 0.5) is 5.82 Å². The van der Waals surface area contributed by atoms with Gasteiger partial charge in [-0.15, -0.1) is 5.10 Å². The monoisotopic (exact) mass is 304 g/mol. The molecule has 0 saturated carbocycles. The number of nitrogens with zero attached hydrogens (tertiary/aromatic N) is 4. The molecule has 4 nitrogen and oxygen atoms in total. The van der Waals surface area contributed by atoms with Crippen LogP contribution in [0.15, 0.2) is 48.8 Å². The number of benzene rings is 1. The molecular weight excluding hydrogens is 284 g/mol.